The molecule has 0 aliphatic heterocycles. The molecule has 0 bridgehead atoms. The summed E-state index contributed by atoms with van der Waals surface area (Å²) >= 11 is 6.03. The molecule has 1 aliphatic rings. The number of benzene rings is 2. The van der Waals surface area contributed by atoms with Crippen molar-refractivity contribution in [1.82, 2.24) is 0 Å². The minimum atomic E-state index is 0.0286. The molecule has 0 radical (unpaired) electrons. The average molecular weight is 344 g/mol. The third-order valence-corrected chi connectivity index (χ3v) is 5.11. The summed E-state index contributed by atoms with van der Waals surface area (Å²) < 4.78 is 0. The maximum Gasteiger partial charge on any atom is 0.279 e. The smallest absolute Gasteiger partial charge is 0.279 e. The van der Waals surface area contributed by atoms with Gasteiger partial charge in [-0.05, 0) is 43.0 Å². The van der Waals surface area contributed by atoms with Gasteiger partial charge in [-0.3, -0.25) is 4.79 Å². The lowest BCUT2D eigenvalue weighted by atomic mass is 9.87. The van der Waals surface area contributed by atoms with Crippen LogP contribution >= 0.6 is 11.6 Å². The highest BCUT2D eigenvalue weighted by molar-refractivity contribution is 6.31. The molecule has 2 N–H and O–H groups in total. The molecule has 3 nitrogen and oxygen atoms in total. The first-order chi connectivity index (χ1) is 11.5. The summed E-state index contributed by atoms with van der Waals surface area (Å²) in [6.07, 6.45) is 3.47. The molecule has 0 saturated heterocycles. The van der Waals surface area contributed by atoms with E-state index in [0.717, 1.165) is 24.1 Å². The van der Waals surface area contributed by atoms with Gasteiger partial charge in [0.05, 0.1) is 7.05 Å². The lowest BCUT2D eigenvalue weighted by Gasteiger charge is -2.30. The number of anilines is 1. The number of fused-ring (bicyclic) bond motifs is 1. The van der Waals surface area contributed by atoms with Gasteiger partial charge >= 0.3 is 0 Å². The molecule has 1 aliphatic carbocycles. The Morgan fingerprint density at radius 2 is 2.08 bits per heavy atom. The van der Waals surface area contributed by atoms with Crippen LogP contribution in [0.2, 0.25) is 5.02 Å². The maximum atomic E-state index is 12.5. The van der Waals surface area contributed by atoms with Gasteiger partial charge in [0.1, 0.15) is 6.04 Å². The summed E-state index contributed by atoms with van der Waals surface area (Å²) in [4.78, 5) is 13.7. The number of amides is 1. The molecule has 2 aromatic rings. The van der Waals surface area contributed by atoms with Gasteiger partial charge in [-0.25, -0.2) is 0 Å². The van der Waals surface area contributed by atoms with Crippen LogP contribution in [0.15, 0.2) is 42.5 Å². The molecule has 126 valence electrons. The van der Waals surface area contributed by atoms with E-state index < -0.39 is 0 Å². The van der Waals surface area contributed by atoms with E-state index in [2.05, 4.69) is 36.6 Å². The van der Waals surface area contributed by atoms with E-state index in [9.17, 15) is 4.79 Å². The molecule has 0 saturated carbocycles. The fourth-order valence-corrected chi connectivity index (χ4v) is 3.74. The zero-order chi connectivity index (χ0) is 17.1. The monoisotopic (exact) mass is 343 g/mol. The number of likely N-dealkylation sites (N-methyl/N-ethyl adjacent to an activating group) is 1. The third-order valence-electron chi connectivity index (χ3n) is 4.88. The van der Waals surface area contributed by atoms with Gasteiger partial charge < -0.3 is 10.2 Å². The Bertz CT molecular complexity index is 744. The molecule has 1 unspecified atom stereocenters. The van der Waals surface area contributed by atoms with Crippen LogP contribution in [0.5, 0.6) is 0 Å². The van der Waals surface area contributed by atoms with Crippen molar-refractivity contribution < 1.29 is 9.69 Å². The number of aryl methyl sites for hydroxylation is 2. The minimum Gasteiger partial charge on any atom is -0.323 e. The van der Waals surface area contributed by atoms with Gasteiger partial charge in [-0.15, -0.1) is 0 Å². The van der Waals surface area contributed by atoms with Crippen LogP contribution in [-0.2, 0) is 11.2 Å². The Labute approximate surface area is 148 Å². The molecular weight excluding hydrogens is 320 g/mol. The average Bonchev–Trinajstić information content (AvgIpc) is 2.57. The number of hydrogen-bond acceptors (Lipinski definition) is 1. The van der Waals surface area contributed by atoms with E-state index in [1.165, 1.54) is 22.4 Å². The third kappa shape index (κ3) is 3.80. The predicted octanol–water partition coefficient (Wildman–Crippen LogP) is 3.18. The molecule has 4 heteroatoms. The standard InChI is InChI=1S/C20H23ClN2O/c1-14-10-11-16(21)12-18(14)22-20(24)13-23(2)19-9-5-7-15-6-3-4-8-17(15)19/h3-4,6,8,10-12,19H,5,7,9,13H2,1-2H3,(H,22,24)/p+1/t19-/m1/s1. The fraction of sp³-hybridized carbons (Fsp3) is 0.350. The lowest BCUT2D eigenvalue weighted by molar-refractivity contribution is -0.905. The first-order valence-electron chi connectivity index (χ1n) is 8.50. The number of carbonyl (C=O) groups excluding carboxylic acids is 1. The highest BCUT2D eigenvalue weighted by Crippen LogP contribution is 2.27. The second kappa shape index (κ2) is 7.37. The van der Waals surface area contributed by atoms with Gasteiger partial charge in [0.2, 0.25) is 0 Å². The van der Waals surface area contributed by atoms with Crippen LogP contribution in [0.25, 0.3) is 0 Å². The highest BCUT2D eigenvalue weighted by Gasteiger charge is 2.27. The second-order valence-corrected chi connectivity index (χ2v) is 7.11. The first-order valence-corrected chi connectivity index (χ1v) is 8.88. The summed E-state index contributed by atoms with van der Waals surface area (Å²) in [5.41, 5.74) is 4.64. The van der Waals surface area contributed by atoms with Crippen molar-refractivity contribution in [3.8, 4) is 0 Å². The van der Waals surface area contributed by atoms with Crippen molar-refractivity contribution in [2.75, 3.05) is 18.9 Å². The summed E-state index contributed by atoms with van der Waals surface area (Å²) in [5.74, 6) is 0.0286. The molecule has 24 heavy (non-hydrogen) atoms. The van der Waals surface area contributed by atoms with Crippen molar-refractivity contribution in [1.29, 1.82) is 0 Å². The number of carbonyl (C=O) groups is 1. The van der Waals surface area contributed by atoms with Crippen molar-refractivity contribution in [3.05, 3.63) is 64.2 Å². The van der Waals surface area contributed by atoms with Crippen LogP contribution in [0.1, 0.15) is 35.6 Å². The number of rotatable bonds is 4. The zero-order valence-corrected chi connectivity index (χ0v) is 15.0. The van der Waals surface area contributed by atoms with E-state index in [1.54, 1.807) is 6.07 Å². The van der Waals surface area contributed by atoms with E-state index in [-0.39, 0.29) is 5.91 Å². The van der Waals surface area contributed by atoms with Gasteiger partial charge in [0, 0.05) is 22.7 Å². The number of hydrogen-bond donors (Lipinski definition) is 2. The van der Waals surface area contributed by atoms with Gasteiger partial charge in [-0.2, -0.15) is 0 Å². The Kier molecular flexibility index (Phi) is 5.22. The summed E-state index contributed by atoms with van der Waals surface area (Å²) in [5, 5.41) is 3.64. The number of halogens is 1. The van der Waals surface area contributed by atoms with Crippen LogP contribution < -0.4 is 10.2 Å². The minimum absolute atomic E-state index is 0.0286. The molecule has 2 aromatic carbocycles. The molecule has 0 heterocycles. The molecule has 0 aromatic heterocycles. The number of quaternary nitrogens is 1. The van der Waals surface area contributed by atoms with E-state index in [1.807, 2.05) is 19.1 Å². The van der Waals surface area contributed by atoms with Gasteiger partial charge in [0.25, 0.3) is 5.91 Å². The van der Waals surface area contributed by atoms with Crippen molar-refractivity contribution in [2.24, 2.45) is 0 Å². The van der Waals surface area contributed by atoms with Gasteiger partial charge in [-0.1, -0.05) is 41.9 Å². The van der Waals surface area contributed by atoms with Crippen LogP contribution in [0, 0.1) is 6.92 Å². The first kappa shape index (κ1) is 17.0. The summed E-state index contributed by atoms with van der Waals surface area (Å²) in [7, 11) is 2.11. The quantitative estimate of drug-likeness (QED) is 0.878. The Morgan fingerprint density at radius 3 is 2.92 bits per heavy atom. The zero-order valence-electron chi connectivity index (χ0n) is 14.2. The summed E-state index contributed by atoms with van der Waals surface area (Å²) in [6.45, 7) is 2.42. The van der Waals surface area contributed by atoms with E-state index >= 15 is 0 Å². The van der Waals surface area contributed by atoms with Gasteiger partial charge in [0.15, 0.2) is 6.54 Å². The van der Waals surface area contributed by atoms with Crippen LogP contribution in [0.3, 0.4) is 0 Å². The maximum absolute atomic E-state index is 12.5. The molecule has 1 amide bonds. The second-order valence-electron chi connectivity index (χ2n) is 6.67. The topological polar surface area (TPSA) is 33.5 Å². The normalized spacial score (nSPS) is 17.9. The molecule has 2 atom stereocenters. The van der Waals surface area contributed by atoms with E-state index in [0.29, 0.717) is 17.6 Å². The van der Waals surface area contributed by atoms with E-state index in [4.69, 9.17) is 11.6 Å². The molecule has 3 rings (SSSR count). The molecular formula is C20H24ClN2O+. The lowest BCUT2D eigenvalue weighted by Crippen LogP contribution is -3.10. The number of nitrogens with one attached hydrogen (secondary N) is 2. The van der Waals surface area contributed by atoms with Crippen LogP contribution in [-0.4, -0.2) is 19.5 Å². The SMILES string of the molecule is Cc1ccc(Cl)cc1NC(=O)C[NH+](C)[C@@H]1CCCc2ccccc21. The van der Waals surface area contributed by atoms with Crippen molar-refractivity contribution >= 4 is 23.2 Å². The largest absolute Gasteiger partial charge is 0.323 e. The predicted molar refractivity (Wildman–Crippen MR) is 98.7 cm³/mol. The summed E-state index contributed by atoms with van der Waals surface area (Å²) in [6, 6.07) is 14.6. The fourth-order valence-electron chi connectivity index (χ4n) is 3.57. The Balaban J connectivity index is 1.68. The Hall–Kier alpha value is -1.84. The highest BCUT2D eigenvalue weighted by atomic mass is 35.5. The Morgan fingerprint density at radius 1 is 1.29 bits per heavy atom. The van der Waals surface area contributed by atoms with Crippen molar-refractivity contribution in [2.45, 2.75) is 32.2 Å². The van der Waals surface area contributed by atoms with Crippen LogP contribution in [0.4, 0.5) is 5.69 Å². The molecule has 0 fully saturated rings. The molecule has 0 spiro atoms. The van der Waals surface area contributed by atoms with Crippen molar-refractivity contribution in [3.63, 3.8) is 0 Å².